The fourth-order valence-corrected chi connectivity index (χ4v) is 2.90. The number of anilines is 1. The van der Waals surface area contributed by atoms with Gasteiger partial charge < -0.3 is 4.42 Å². The number of hydrogen-bond acceptors (Lipinski definition) is 5. The number of nitriles is 1. The number of hydrogen-bond donors (Lipinski definition) is 1. The molecular formula is C14H9N3O3S. The third-order valence-corrected chi connectivity index (χ3v) is 4.26. The van der Waals surface area contributed by atoms with E-state index in [4.69, 9.17) is 9.68 Å². The lowest BCUT2D eigenvalue weighted by atomic mass is 10.2. The van der Waals surface area contributed by atoms with Gasteiger partial charge in [0.2, 0.25) is 0 Å². The standard InChI is InChI=1S/C14H9N3O3S/c15-8-10-1-3-11(4-2-10)17-21(18,19)12-5-6-13-14(7-12)20-9-16-13/h1-7,9,17H. The predicted octanol–water partition coefficient (Wildman–Crippen LogP) is 2.50. The van der Waals surface area contributed by atoms with Gasteiger partial charge in [-0.3, -0.25) is 4.72 Å². The van der Waals surface area contributed by atoms with Gasteiger partial charge in [-0.2, -0.15) is 5.26 Å². The number of sulfonamides is 1. The fourth-order valence-electron chi connectivity index (χ4n) is 1.83. The van der Waals surface area contributed by atoms with E-state index >= 15 is 0 Å². The van der Waals surface area contributed by atoms with E-state index < -0.39 is 10.0 Å². The van der Waals surface area contributed by atoms with Crippen molar-refractivity contribution in [3.8, 4) is 6.07 Å². The molecule has 0 unspecified atom stereocenters. The number of aromatic nitrogens is 1. The summed E-state index contributed by atoms with van der Waals surface area (Å²) in [7, 11) is -3.72. The normalized spacial score (nSPS) is 11.2. The minimum Gasteiger partial charge on any atom is -0.443 e. The first-order valence-electron chi connectivity index (χ1n) is 5.95. The Morgan fingerprint density at radius 3 is 2.62 bits per heavy atom. The molecule has 104 valence electrons. The SMILES string of the molecule is N#Cc1ccc(NS(=O)(=O)c2ccc3ncoc3c2)cc1. The van der Waals surface area contributed by atoms with Gasteiger partial charge in [-0.25, -0.2) is 13.4 Å². The average molecular weight is 299 g/mol. The highest BCUT2D eigenvalue weighted by Gasteiger charge is 2.15. The molecule has 1 aromatic heterocycles. The molecule has 21 heavy (non-hydrogen) atoms. The van der Waals surface area contributed by atoms with Crippen molar-refractivity contribution < 1.29 is 12.8 Å². The van der Waals surface area contributed by atoms with Crippen LogP contribution in [0.2, 0.25) is 0 Å². The molecule has 0 saturated carbocycles. The van der Waals surface area contributed by atoms with Gasteiger partial charge in [-0.05, 0) is 36.4 Å². The van der Waals surface area contributed by atoms with E-state index in [-0.39, 0.29) is 4.90 Å². The molecule has 0 radical (unpaired) electrons. The summed E-state index contributed by atoms with van der Waals surface area (Å²) >= 11 is 0. The predicted molar refractivity (Wildman–Crippen MR) is 76.0 cm³/mol. The molecule has 7 heteroatoms. The number of nitrogens with zero attached hydrogens (tertiary/aromatic N) is 2. The molecule has 6 nitrogen and oxygen atoms in total. The summed E-state index contributed by atoms with van der Waals surface area (Å²) in [5.74, 6) is 0. The summed E-state index contributed by atoms with van der Waals surface area (Å²) in [6.45, 7) is 0. The van der Waals surface area contributed by atoms with Crippen LogP contribution in [0.25, 0.3) is 11.1 Å². The van der Waals surface area contributed by atoms with Gasteiger partial charge in [0.25, 0.3) is 10.0 Å². The van der Waals surface area contributed by atoms with E-state index in [0.29, 0.717) is 22.4 Å². The molecule has 0 aliphatic rings. The van der Waals surface area contributed by atoms with E-state index in [1.54, 1.807) is 6.07 Å². The van der Waals surface area contributed by atoms with Gasteiger partial charge in [-0.1, -0.05) is 0 Å². The molecule has 0 aliphatic heterocycles. The van der Waals surface area contributed by atoms with Gasteiger partial charge in [0.05, 0.1) is 16.5 Å². The lowest BCUT2D eigenvalue weighted by Gasteiger charge is -2.07. The molecule has 0 aliphatic carbocycles. The van der Waals surface area contributed by atoms with Gasteiger partial charge in [-0.15, -0.1) is 0 Å². The molecule has 0 amide bonds. The second-order valence-electron chi connectivity index (χ2n) is 4.28. The third kappa shape index (κ3) is 2.57. The molecule has 1 heterocycles. The lowest BCUT2D eigenvalue weighted by molar-refractivity contribution is 0.594. The quantitative estimate of drug-likeness (QED) is 0.801. The largest absolute Gasteiger partial charge is 0.443 e. The van der Waals surface area contributed by atoms with Crippen molar-refractivity contribution in [2.75, 3.05) is 4.72 Å². The zero-order valence-corrected chi connectivity index (χ0v) is 11.5. The molecule has 1 N–H and O–H groups in total. The monoisotopic (exact) mass is 299 g/mol. The van der Waals surface area contributed by atoms with Crippen molar-refractivity contribution in [2.45, 2.75) is 4.90 Å². The van der Waals surface area contributed by atoms with Crippen LogP contribution in [0.5, 0.6) is 0 Å². The van der Waals surface area contributed by atoms with Crippen molar-refractivity contribution >= 4 is 26.8 Å². The highest BCUT2D eigenvalue weighted by molar-refractivity contribution is 7.92. The van der Waals surface area contributed by atoms with E-state index in [1.165, 1.54) is 42.8 Å². The van der Waals surface area contributed by atoms with Gasteiger partial charge in [0.15, 0.2) is 12.0 Å². The molecule has 0 fully saturated rings. The Kier molecular flexibility index (Phi) is 3.08. The van der Waals surface area contributed by atoms with Crippen LogP contribution >= 0.6 is 0 Å². The van der Waals surface area contributed by atoms with Crippen molar-refractivity contribution in [2.24, 2.45) is 0 Å². The first kappa shape index (κ1) is 13.1. The fraction of sp³-hybridized carbons (Fsp3) is 0. The van der Waals surface area contributed by atoms with Crippen LogP contribution in [-0.2, 0) is 10.0 Å². The Morgan fingerprint density at radius 1 is 1.14 bits per heavy atom. The molecule has 0 atom stereocenters. The number of benzene rings is 2. The van der Waals surface area contributed by atoms with Crippen LogP contribution in [0.4, 0.5) is 5.69 Å². The number of fused-ring (bicyclic) bond motifs is 1. The Hall–Kier alpha value is -2.85. The zero-order valence-electron chi connectivity index (χ0n) is 10.6. The van der Waals surface area contributed by atoms with Crippen LogP contribution in [0, 0.1) is 11.3 Å². The third-order valence-electron chi connectivity index (χ3n) is 2.88. The minimum absolute atomic E-state index is 0.0797. The second kappa shape index (κ2) is 4.92. The smallest absolute Gasteiger partial charge is 0.262 e. The Bertz CT molecular complexity index is 938. The van der Waals surface area contributed by atoms with Gasteiger partial charge in [0.1, 0.15) is 5.52 Å². The van der Waals surface area contributed by atoms with E-state index in [9.17, 15) is 8.42 Å². The molecule has 3 rings (SSSR count). The summed E-state index contributed by atoms with van der Waals surface area (Å²) in [6, 6.07) is 12.6. The lowest BCUT2D eigenvalue weighted by Crippen LogP contribution is -2.12. The number of rotatable bonds is 3. The topological polar surface area (TPSA) is 96.0 Å². The maximum Gasteiger partial charge on any atom is 0.262 e. The van der Waals surface area contributed by atoms with Gasteiger partial charge >= 0.3 is 0 Å². The zero-order chi connectivity index (χ0) is 14.9. The maximum absolute atomic E-state index is 12.3. The second-order valence-corrected chi connectivity index (χ2v) is 5.96. The number of nitrogens with one attached hydrogen (secondary N) is 1. The van der Waals surface area contributed by atoms with Crippen LogP contribution in [-0.4, -0.2) is 13.4 Å². The molecule has 0 saturated heterocycles. The summed E-state index contributed by atoms with van der Waals surface area (Å²) in [4.78, 5) is 4.01. The van der Waals surface area contributed by atoms with Crippen molar-refractivity contribution in [3.05, 3.63) is 54.4 Å². The Balaban J connectivity index is 1.93. The summed E-state index contributed by atoms with van der Waals surface area (Å²) in [5.41, 5.74) is 1.83. The Morgan fingerprint density at radius 2 is 1.90 bits per heavy atom. The van der Waals surface area contributed by atoms with E-state index in [0.717, 1.165) is 0 Å². The first-order valence-corrected chi connectivity index (χ1v) is 7.43. The van der Waals surface area contributed by atoms with Crippen LogP contribution in [0.1, 0.15) is 5.56 Å². The minimum atomic E-state index is -3.72. The van der Waals surface area contributed by atoms with E-state index in [1.807, 2.05) is 6.07 Å². The molecule has 0 bridgehead atoms. The summed E-state index contributed by atoms with van der Waals surface area (Å²) in [5, 5.41) is 8.71. The highest BCUT2D eigenvalue weighted by Crippen LogP contribution is 2.20. The maximum atomic E-state index is 12.3. The van der Waals surface area contributed by atoms with E-state index in [2.05, 4.69) is 9.71 Å². The molecule has 3 aromatic rings. The van der Waals surface area contributed by atoms with Crippen molar-refractivity contribution in [3.63, 3.8) is 0 Å². The average Bonchev–Trinajstić information content (AvgIpc) is 2.95. The number of oxazole rings is 1. The van der Waals surface area contributed by atoms with Crippen LogP contribution < -0.4 is 4.72 Å². The summed E-state index contributed by atoms with van der Waals surface area (Å²) < 4.78 is 32.1. The first-order chi connectivity index (χ1) is 10.1. The van der Waals surface area contributed by atoms with Crippen molar-refractivity contribution in [1.29, 1.82) is 5.26 Å². The van der Waals surface area contributed by atoms with Crippen LogP contribution in [0.3, 0.4) is 0 Å². The summed E-state index contributed by atoms with van der Waals surface area (Å²) in [6.07, 6.45) is 1.26. The highest BCUT2D eigenvalue weighted by atomic mass is 32.2. The van der Waals surface area contributed by atoms with Gasteiger partial charge in [0, 0.05) is 11.8 Å². The van der Waals surface area contributed by atoms with Crippen LogP contribution in [0.15, 0.2) is 58.2 Å². The Labute approximate surface area is 120 Å². The molecule has 2 aromatic carbocycles. The molecule has 0 spiro atoms. The van der Waals surface area contributed by atoms with Crippen molar-refractivity contribution in [1.82, 2.24) is 4.98 Å². The molecular weight excluding hydrogens is 290 g/mol.